The number of hydrogen-bond acceptors (Lipinski definition) is 3. The Morgan fingerprint density at radius 1 is 1.29 bits per heavy atom. The van der Waals surface area contributed by atoms with Crippen LogP contribution in [0.15, 0.2) is 18.2 Å². The first kappa shape index (κ1) is 11.8. The molecule has 1 aromatic rings. The van der Waals surface area contributed by atoms with Crippen molar-refractivity contribution >= 4 is 11.8 Å². The molecule has 0 saturated carbocycles. The highest BCUT2D eigenvalue weighted by Gasteiger charge is 2.18. The summed E-state index contributed by atoms with van der Waals surface area (Å²) in [5.74, 6) is 0.592. The zero-order valence-corrected chi connectivity index (χ0v) is 10.1. The van der Waals surface area contributed by atoms with Gasteiger partial charge in [-0.25, -0.2) is 4.79 Å². The molecule has 0 unspecified atom stereocenters. The van der Waals surface area contributed by atoms with E-state index in [0.29, 0.717) is 11.4 Å². The van der Waals surface area contributed by atoms with E-state index in [9.17, 15) is 4.79 Å². The van der Waals surface area contributed by atoms with Crippen LogP contribution in [-0.4, -0.2) is 24.1 Å². The van der Waals surface area contributed by atoms with Crippen LogP contribution in [0.25, 0.3) is 0 Å². The number of carbonyl (C=O) groups excluding carboxylic acids is 1. The monoisotopic (exact) mass is 234 g/mol. The molecule has 0 aromatic heterocycles. The minimum Gasteiger partial charge on any atom is -0.410 e. The SMILES string of the molecule is Cc1cc(N)ccc1OC(=O)N1CCCCC1. The normalized spacial score (nSPS) is 15.7. The van der Waals surface area contributed by atoms with Crippen molar-refractivity contribution < 1.29 is 9.53 Å². The predicted octanol–water partition coefficient (Wildman–Crippen LogP) is 2.56. The van der Waals surface area contributed by atoms with Gasteiger partial charge in [-0.05, 0) is 49.9 Å². The number of nitrogens with zero attached hydrogens (tertiary/aromatic N) is 1. The number of nitrogen functional groups attached to an aromatic ring is 1. The molecule has 1 saturated heterocycles. The Balaban J connectivity index is 2.02. The number of anilines is 1. The van der Waals surface area contributed by atoms with E-state index in [1.54, 1.807) is 23.1 Å². The van der Waals surface area contributed by atoms with E-state index in [-0.39, 0.29) is 6.09 Å². The molecule has 2 N–H and O–H groups in total. The number of rotatable bonds is 1. The molecule has 1 aliphatic rings. The van der Waals surface area contributed by atoms with Gasteiger partial charge in [-0.2, -0.15) is 0 Å². The molecular weight excluding hydrogens is 216 g/mol. The number of nitrogens with two attached hydrogens (primary N) is 1. The minimum absolute atomic E-state index is 0.252. The maximum Gasteiger partial charge on any atom is 0.415 e. The second kappa shape index (κ2) is 5.08. The predicted molar refractivity (Wildman–Crippen MR) is 67.0 cm³/mol. The zero-order chi connectivity index (χ0) is 12.3. The number of benzene rings is 1. The van der Waals surface area contributed by atoms with Crippen LogP contribution >= 0.6 is 0 Å². The molecule has 4 nitrogen and oxygen atoms in total. The van der Waals surface area contributed by atoms with Crippen molar-refractivity contribution in [2.24, 2.45) is 0 Å². The maximum atomic E-state index is 11.9. The van der Waals surface area contributed by atoms with E-state index in [1.807, 2.05) is 6.92 Å². The molecule has 0 bridgehead atoms. The summed E-state index contributed by atoms with van der Waals surface area (Å²) in [6, 6.07) is 5.29. The second-order valence-corrected chi connectivity index (χ2v) is 4.44. The quantitative estimate of drug-likeness (QED) is 0.760. The molecule has 0 spiro atoms. The third-order valence-corrected chi connectivity index (χ3v) is 3.01. The van der Waals surface area contributed by atoms with E-state index in [4.69, 9.17) is 10.5 Å². The van der Waals surface area contributed by atoms with Crippen molar-refractivity contribution in [1.29, 1.82) is 0 Å². The number of piperidine rings is 1. The maximum absolute atomic E-state index is 11.9. The fourth-order valence-electron chi connectivity index (χ4n) is 2.02. The lowest BCUT2D eigenvalue weighted by Crippen LogP contribution is -2.37. The number of carbonyl (C=O) groups is 1. The van der Waals surface area contributed by atoms with Gasteiger partial charge in [0, 0.05) is 18.8 Å². The molecule has 2 rings (SSSR count). The third kappa shape index (κ3) is 2.90. The summed E-state index contributed by atoms with van der Waals surface area (Å²) in [6.07, 6.45) is 3.08. The van der Waals surface area contributed by atoms with Gasteiger partial charge < -0.3 is 15.4 Å². The van der Waals surface area contributed by atoms with Gasteiger partial charge in [0.15, 0.2) is 0 Å². The van der Waals surface area contributed by atoms with Crippen LogP contribution in [0.2, 0.25) is 0 Å². The largest absolute Gasteiger partial charge is 0.415 e. The van der Waals surface area contributed by atoms with Crippen molar-refractivity contribution in [2.75, 3.05) is 18.8 Å². The summed E-state index contributed by atoms with van der Waals surface area (Å²) in [7, 11) is 0. The molecule has 92 valence electrons. The minimum atomic E-state index is -0.252. The van der Waals surface area contributed by atoms with Crippen molar-refractivity contribution in [3.63, 3.8) is 0 Å². The molecule has 0 radical (unpaired) electrons. The summed E-state index contributed by atoms with van der Waals surface area (Å²) in [5, 5.41) is 0. The van der Waals surface area contributed by atoms with Crippen LogP contribution in [0.5, 0.6) is 5.75 Å². The average Bonchev–Trinajstić information content (AvgIpc) is 2.34. The van der Waals surface area contributed by atoms with E-state index in [2.05, 4.69) is 0 Å². The van der Waals surface area contributed by atoms with Gasteiger partial charge >= 0.3 is 6.09 Å². The third-order valence-electron chi connectivity index (χ3n) is 3.01. The molecule has 4 heteroatoms. The number of hydrogen-bond donors (Lipinski definition) is 1. The van der Waals surface area contributed by atoms with Gasteiger partial charge in [0.2, 0.25) is 0 Å². The highest BCUT2D eigenvalue weighted by molar-refractivity contribution is 5.71. The van der Waals surface area contributed by atoms with Gasteiger partial charge in [0.1, 0.15) is 5.75 Å². The standard InChI is InChI=1S/C13H18N2O2/c1-10-9-11(14)5-6-12(10)17-13(16)15-7-3-2-4-8-15/h5-6,9H,2-4,7-8,14H2,1H3. The Hall–Kier alpha value is -1.71. The lowest BCUT2D eigenvalue weighted by atomic mass is 10.1. The van der Waals surface area contributed by atoms with E-state index in [1.165, 1.54) is 6.42 Å². The number of aryl methyl sites for hydroxylation is 1. The number of ether oxygens (including phenoxy) is 1. The molecule has 1 amide bonds. The molecule has 1 aliphatic heterocycles. The van der Waals surface area contributed by atoms with E-state index >= 15 is 0 Å². The first-order valence-electron chi connectivity index (χ1n) is 6.00. The first-order valence-corrected chi connectivity index (χ1v) is 6.00. The highest BCUT2D eigenvalue weighted by atomic mass is 16.6. The molecule has 1 aromatic carbocycles. The molecular formula is C13H18N2O2. The topological polar surface area (TPSA) is 55.6 Å². The van der Waals surface area contributed by atoms with Crippen molar-refractivity contribution in [2.45, 2.75) is 26.2 Å². The van der Waals surface area contributed by atoms with Crippen molar-refractivity contribution in [1.82, 2.24) is 4.90 Å². The summed E-state index contributed by atoms with van der Waals surface area (Å²) in [6.45, 7) is 3.48. The zero-order valence-electron chi connectivity index (χ0n) is 10.1. The average molecular weight is 234 g/mol. The molecule has 0 aliphatic carbocycles. The number of amides is 1. The molecule has 0 atom stereocenters. The second-order valence-electron chi connectivity index (χ2n) is 4.44. The Morgan fingerprint density at radius 3 is 2.65 bits per heavy atom. The van der Waals surface area contributed by atoms with Gasteiger partial charge in [0.25, 0.3) is 0 Å². The Bertz CT molecular complexity index is 412. The molecule has 17 heavy (non-hydrogen) atoms. The summed E-state index contributed by atoms with van der Waals surface area (Å²) < 4.78 is 5.37. The highest BCUT2D eigenvalue weighted by Crippen LogP contribution is 2.21. The Morgan fingerprint density at radius 2 is 2.00 bits per heavy atom. The summed E-state index contributed by atoms with van der Waals surface area (Å²) in [4.78, 5) is 13.6. The van der Waals surface area contributed by atoms with Crippen LogP contribution in [0, 0.1) is 6.92 Å². The lowest BCUT2D eigenvalue weighted by Gasteiger charge is -2.25. The van der Waals surface area contributed by atoms with Crippen LogP contribution in [-0.2, 0) is 0 Å². The van der Waals surface area contributed by atoms with E-state index < -0.39 is 0 Å². The smallest absolute Gasteiger partial charge is 0.410 e. The van der Waals surface area contributed by atoms with E-state index in [0.717, 1.165) is 31.5 Å². The van der Waals surface area contributed by atoms with Crippen molar-refractivity contribution in [3.8, 4) is 5.75 Å². The summed E-state index contributed by atoms with van der Waals surface area (Å²) in [5.41, 5.74) is 7.22. The van der Waals surface area contributed by atoms with Crippen LogP contribution in [0.4, 0.5) is 10.5 Å². The Labute approximate surface area is 101 Å². The van der Waals surface area contributed by atoms with Crippen LogP contribution in [0.3, 0.4) is 0 Å². The lowest BCUT2D eigenvalue weighted by molar-refractivity contribution is 0.142. The van der Waals surface area contributed by atoms with Gasteiger partial charge in [-0.1, -0.05) is 0 Å². The van der Waals surface area contributed by atoms with Crippen molar-refractivity contribution in [3.05, 3.63) is 23.8 Å². The summed E-state index contributed by atoms with van der Waals surface area (Å²) >= 11 is 0. The molecule has 1 fully saturated rings. The fourth-order valence-corrected chi connectivity index (χ4v) is 2.02. The van der Waals surface area contributed by atoms with Gasteiger partial charge in [-0.3, -0.25) is 0 Å². The molecule has 1 heterocycles. The van der Waals surface area contributed by atoms with Crippen LogP contribution in [0.1, 0.15) is 24.8 Å². The fraction of sp³-hybridized carbons (Fsp3) is 0.462. The van der Waals surface area contributed by atoms with Crippen LogP contribution < -0.4 is 10.5 Å². The van der Waals surface area contributed by atoms with Gasteiger partial charge in [0.05, 0.1) is 0 Å². The Kier molecular flexibility index (Phi) is 3.52. The number of likely N-dealkylation sites (tertiary alicyclic amines) is 1. The van der Waals surface area contributed by atoms with Gasteiger partial charge in [-0.15, -0.1) is 0 Å². The first-order chi connectivity index (χ1) is 8.16.